The average molecular weight is 590 g/mol. The lowest BCUT2D eigenvalue weighted by molar-refractivity contribution is -0.689. The van der Waals surface area contributed by atoms with Gasteiger partial charge in [0.25, 0.3) is 11.8 Å². The summed E-state index contributed by atoms with van der Waals surface area (Å²) in [6.45, 7) is 4.34. The van der Waals surface area contributed by atoms with Gasteiger partial charge in [0.2, 0.25) is 11.5 Å². The SMILES string of the molecule is CCCCOC(=O)c1cc[n+](CC2=C(C(=O)[O-])N3C(=O)C(NC(=O)/C(=N\OCC)c4nsc(N)n4)[C@H]3SC2)cc1. The molecule has 2 aromatic heterocycles. The molecule has 1 fully saturated rings. The fraction of sp³-hybridized carbons (Fsp3) is 0.417. The number of aliphatic carboxylic acids is 1. The summed E-state index contributed by atoms with van der Waals surface area (Å²) in [6.07, 6.45) is 4.95. The number of β-lactam (4-membered cyclic amide) rings is 1. The van der Waals surface area contributed by atoms with Crippen LogP contribution >= 0.6 is 23.3 Å². The molecule has 3 N–H and O–H groups in total. The summed E-state index contributed by atoms with van der Waals surface area (Å²) in [6, 6.07) is 2.15. The monoisotopic (exact) mass is 589 g/mol. The van der Waals surface area contributed by atoms with E-state index in [0.717, 1.165) is 29.3 Å². The van der Waals surface area contributed by atoms with Gasteiger partial charge in [-0.1, -0.05) is 18.5 Å². The zero-order valence-electron chi connectivity index (χ0n) is 21.7. The van der Waals surface area contributed by atoms with Crippen LogP contribution in [0.15, 0.2) is 41.0 Å². The number of pyridine rings is 1. The minimum Gasteiger partial charge on any atom is -0.543 e. The highest BCUT2D eigenvalue weighted by atomic mass is 32.2. The fourth-order valence-corrected chi connectivity index (χ4v) is 5.73. The van der Waals surface area contributed by atoms with Gasteiger partial charge in [0, 0.05) is 35.0 Å². The Kier molecular flexibility index (Phi) is 9.31. The van der Waals surface area contributed by atoms with Gasteiger partial charge in [-0.3, -0.25) is 14.5 Å². The van der Waals surface area contributed by atoms with Crippen LogP contribution in [-0.2, 0) is 30.5 Å². The highest BCUT2D eigenvalue weighted by molar-refractivity contribution is 8.00. The van der Waals surface area contributed by atoms with E-state index in [4.69, 9.17) is 15.3 Å². The Hall–Kier alpha value is -4.05. The summed E-state index contributed by atoms with van der Waals surface area (Å²) in [5.41, 5.74) is 5.93. The number of oxime groups is 1. The van der Waals surface area contributed by atoms with Crippen LogP contribution < -0.4 is 20.7 Å². The van der Waals surface area contributed by atoms with Crippen LogP contribution in [0.1, 0.15) is 42.9 Å². The molecule has 40 heavy (non-hydrogen) atoms. The van der Waals surface area contributed by atoms with E-state index in [2.05, 4.69) is 19.8 Å². The van der Waals surface area contributed by atoms with E-state index >= 15 is 0 Å². The van der Waals surface area contributed by atoms with Crippen molar-refractivity contribution in [3.05, 3.63) is 47.2 Å². The van der Waals surface area contributed by atoms with Crippen molar-refractivity contribution in [2.24, 2.45) is 5.16 Å². The number of thioether (sulfide) groups is 1. The number of amides is 2. The summed E-state index contributed by atoms with van der Waals surface area (Å²) < 4.78 is 10.9. The first-order valence-corrected chi connectivity index (χ1v) is 14.2. The Bertz CT molecular complexity index is 1360. The molecule has 4 heterocycles. The molecule has 2 amide bonds. The van der Waals surface area contributed by atoms with E-state index in [1.165, 1.54) is 11.8 Å². The molecule has 0 spiro atoms. The van der Waals surface area contributed by atoms with Gasteiger partial charge in [-0.25, -0.2) is 9.36 Å². The van der Waals surface area contributed by atoms with Gasteiger partial charge in [-0.15, -0.1) is 11.8 Å². The number of carboxylic acids is 1. The molecule has 1 saturated heterocycles. The topological polar surface area (TPSA) is 193 Å². The first kappa shape index (κ1) is 28.9. The third-order valence-corrected chi connectivity index (χ3v) is 7.79. The van der Waals surface area contributed by atoms with Crippen molar-refractivity contribution in [3.63, 3.8) is 0 Å². The number of fused-ring (bicyclic) bond motifs is 1. The largest absolute Gasteiger partial charge is 0.543 e. The molecule has 0 aliphatic carbocycles. The standard InChI is InChI=1S/C24H27N7O7S2/c1-3-5-10-37-23(36)13-6-8-30(9-7-13)11-14-12-39-21-16(20(33)31(21)17(14)22(34)35)26-19(32)15(28-38-4-2)18-27-24(25)40-29-18/h6-9,16,21H,3-5,10-12H2,1-2H3,(H3-,25,26,27,29,32,34,35)/b28-15-/t16?,21-/m1/s1. The number of carbonyl (C=O) groups excluding carboxylic acids is 4. The molecule has 4 rings (SSSR count). The van der Waals surface area contributed by atoms with Gasteiger partial charge in [0.1, 0.15) is 18.0 Å². The Morgan fingerprint density at radius 3 is 2.67 bits per heavy atom. The number of carboxylic acid groups (broad SMARTS) is 1. The molecule has 2 aliphatic rings. The third-order valence-electron chi connectivity index (χ3n) is 5.91. The minimum atomic E-state index is -1.50. The average Bonchev–Trinajstić information content (AvgIpc) is 3.37. The molecule has 2 aliphatic heterocycles. The summed E-state index contributed by atoms with van der Waals surface area (Å²) in [7, 11) is 0. The number of nitrogens with one attached hydrogen (secondary N) is 1. The summed E-state index contributed by atoms with van der Waals surface area (Å²) in [5.74, 6) is -3.10. The molecule has 2 aromatic rings. The molecule has 14 nitrogen and oxygen atoms in total. The van der Waals surface area contributed by atoms with Crippen LogP contribution in [-0.4, -0.2) is 74.1 Å². The second-order valence-corrected chi connectivity index (χ2v) is 10.6. The van der Waals surface area contributed by atoms with E-state index < -0.39 is 35.2 Å². The highest BCUT2D eigenvalue weighted by Crippen LogP contribution is 2.40. The molecule has 0 aromatic carbocycles. The maximum atomic E-state index is 13.0. The highest BCUT2D eigenvalue weighted by Gasteiger charge is 2.53. The van der Waals surface area contributed by atoms with Crippen molar-refractivity contribution in [3.8, 4) is 0 Å². The second kappa shape index (κ2) is 12.9. The number of nitrogens with zero attached hydrogens (tertiary/aromatic N) is 5. The Balaban J connectivity index is 1.46. The van der Waals surface area contributed by atoms with Crippen LogP contribution in [0.2, 0.25) is 0 Å². The number of aromatic nitrogens is 3. The maximum Gasteiger partial charge on any atom is 0.338 e. The Labute approximate surface area is 237 Å². The quantitative estimate of drug-likeness (QED) is 0.0787. The van der Waals surface area contributed by atoms with Gasteiger partial charge < -0.3 is 30.5 Å². The van der Waals surface area contributed by atoms with Crippen LogP contribution in [0, 0.1) is 0 Å². The lowest BCUT2D eigenvalue weighted by Crippen LogP contribution is -2.71. The zero-order chi connectivity index (χ0) is 28.8. The summed E-state index contributed by atoms with van der Waals surface area (Å²) in [4.78, 5) is 60.3. The minimum absolute atomic E-state index is 0.0525. The van der Waals surface area contributed by atoms with E-state index in [0.29, 0.717) is 17.7 Å². The van der Waals surface area contributed by atoms with Gasteiger partial charge in [0.15, 0.2) is 24.1 Å². The first-order chi connectivity index (χ1) is 19.2. The smallest absolute Gasteiger partial charge is 0.338 e. The van der Waals surface area contributed by atoms with Gasteiger partial charge in [0.05, 0.1) is 23.8 Å². The second-order valence-electron chi connectivity index (χ2n) is 8.66. The van der Waals surface area contributed by atoms with Crippen LogP contribution in [0.3, 0.4) is 0 Å². The van der Waals surface area contributed by atoms with Crippen LogP contribution in [0.5, 0.6) is 0 Å². The number of rotatable bonds is 12. The van der Waals surface area contributed by atoms with Crippen molar-refractivity contribution < 1.29 is 38.4 Å². The molecule has 1 unspecified atom stereocenters. The number of unbranched alkanes of at least 4 members (excludes halogenated alkanes) is 1. The van der Waals surface area contributed by atoms with Crippen molar-refractivity contribution >= 4 is 57.9 Å². The van der Waals surface area contributed by atoms with Crippen molar-refractivity contribution in [1.82, 2.24) is 19.6 Å². The van der Waals surface area contributed by atoms with E-state index in [9.17, 15) is 24.3 Å². The normalized spacial score (nSPS) is 18.6. The molecule has 16 heteroatoms. The van der Waals surface area contributed by atoms with Crippen LogP contribution in [0.4, 0.5) is 5.13 Å². The Morgan fingerprint density at radius 2 is 2.05 bits per heavy atom. The number of nitrogens with two attached hydrogens (primary N) is 1. The molecule has 212 valence electrons. The molecular formula is C24H27N7O7S2. The molecule has 2 atom stereocenters. The Morgan fingerprint density at radius 1 is 1.30 bits per heavy atom. The van der Waals surface area contributed by atoms with Gasteiger partial charge in [-0.05, 0) is 13.3 Å². The maximum absolute atomic E-state index is 13.0. The predicted molar refractivity (Wildman–Crippen MR) is 141 cm³/mol. The zero-order valence-corrected chi connectivity index (χ0v) is 23.3. The van der Waals surface area contributed by atoms with Crippen molar-refractivity contribution in [1.29, 1.82) is 0 Å². The lowest BCUT2D eigenvalue weighted by Gasteiger charge is -2.50. The molecule has 0 saturated carbocycles. The van der Waals surface area contributed by atoms with E-state index in [1.807, 2.05) is 6.92 Å². The number of hydrogen-bond donors (Lipinski definition) is 2. The van der Waals surface area contributed by atoms with Crippen LogP contribution in [0.25, 0.3) is 0 Å². The molecule has 0 radical (unpaired) electrons. The van der Waals surface area contributed by atoms with E-state index in [1.54, 1.807) is 36.0 Å². The van der Waals surface area contributed by atoms with Crippen molar-refractivity contribution in [2.45, 2.75) is 44.6 Å². The number of hydrogen-bond acceptors (Lipinski definition) is 13. The van der Waals surface area contributed by atoms with Crippen molar-refractivity contribution in [2.75, 3.05) is 24.7 Å². The summed E-state index contributed by atoms with van der Waals surface area (Å²) in [5, 5.41) is 17.9. The molecule has 0 bridgehead atoms. The number of carbonyl (C=O) groups is 4. The third kappa shape index (κ3) is 6.22. The lowest BCUT2D eigenvalue weighted by atomic mass is 10.0. The first-order valence-electron chi connectivity index (χ1n) is 12.4. The number of esters is 1. The van der Waals surface area contributed by atoms with Gasteiger partial charge >= 0.3 is 5.97 Å². The van der Waals surface area contributed by atoms with E-state index in [-0.39, 0.29) is 41.3 Å². The number of ether oxygens (including phenoxy) is 1. The predicted octanol–water partition coefficient (Wildman–Crippen LogP) is -0.791. The number of nitrogen functional groups attached to an aromatic ring is 1. The summed E-state index contributed by atoms with van der Waals surface area (Å²) >= 11 is 2.17. The fourth-order valence-electron chi connectivity index (χ4n) is 3.96. The number of anilines is 1. The van der Waals surface area contributed by atoms with Gasteiger partial charge in [-0.2, -0.15) is 9.36 Å². The molecular weight excluding hydrogens is 562 g/mol.